The molecule has 0 saturated carbocycles. The van der Waals surface area contributed by atoms with Gasteiger partial charge in [-0.1, -0.05) is 0 Å². The van der Waals surface area contributed by atoms with Crippen LogP contribution in [0.5, 0.6) is 0 Å². The number of halogens is 3. The number of alkyl carbamates (subject to hydrolysis) is 1. The normalized spacial score (nSPS) is 13.0. The minimum absolute atomic E-state index is 0.484. The van der Waals surface area contributed by atoms with Crippen molar-refractivity contribution < 1.29 is 37.3 Å². The maximum Gasteiger partial charge on any atom is 0.422 e. The lowest BCUT2D eigenvalue weighted by Crippen LogP contribution is -2.39. The van der Waals surface area contributed by atoms with Crippen LogP contribution in [0.1, 0.15) is 0 Å². The first-order valence-electron chi connectivity index (χ1n) is 3.99. The highest BCUT2D eigenvalue weighted by atomic mass is 19.4. The van der Waals surface area contributed by atoms with Crippen LogP contribution in [0.4, 0.5) is 18.0 Å². The zero-order valence-electron chi connectivity index (χ0n) is 8.21. The van der Waals surface area contributed by atoms with E-state index in [1.54, 1.807) is 0 Å². The van der Waals surface area contributed by atoms with Gasteiger partial charge in [-0.3, -0.25) is 0 Å². The van der Waals surface area contributed by atoms with Crippen LogP contribution in [0.2, 0.25) is 0 Å². The molecule has 0 fully saturated rings. The Bertz CT molecular complexity index is 255. The quantitative estimate of drug-likeness (QED) is 0.731. The lowest BCUT2D eigenvalue weighted by molar-refractivity contribution is -0.160. The summed E-state index contributed by atoms with van der Waals surface area (Å²) in [6, 6.07) is 0. The highest BCUT2D eigenvalue weighted by Crippen LogP contribution is 2.14. The van der Waals surface area contributed by atoms with Gasteiger partial charge in [0.25, 0.3) is 0 Å². The lowest BCUT2D eigenvalue weighted by Gasteiger charge is -2.12. The topological polar surface area (TPSA) is 84.9 Å². The molecule has 1 amide bonds. The van der Waals surface area contributed by atoms with E-state index in [2.05, 4.69) is 9.47 Å². The van der Waals surface area contributed by atoms with Gasteiger partial charge < -0.3 is 19.9 Å². The Balaban J connectivity index is 3.85. The molecule has 2 N–H and O–H groups in total. The van der Waals surface area contributed by atoms with Crippen molar-refractivity contribution in [3.05, 3.63) is 0 Å². The summed E-state index contributed by atoms with van der Waals surface area (Å²) in [4.78, 5) is 21.0. The third kappa shape index (κ3) is 6.87. The van der Waals surface area contributed by atoms with Gasteiger partial charge in [0.2, 0.25) is 0 Å². The molecule has 0 aliphatic carbocycles. The van der Waals surface area contributed by atoms with Crippen molar-refractivity contribution in [1.29, 1.82) is 0 Å². The van der Waals surface area contributed by atoms with Gasteiger partial charge in [0.05, 0.1) is 6.54 Å². The number of rotatable bonds is 5. The molecule has 0 bridgehead atoms. The summed E-state index contributed by atoms with van der Waals surface area (Å²) in [6.07, 6.45) is -7.32. The molecule has 1 atom stereocenters. The highest BCUT2D eigenvalue weighted by molar-refractivity contribution is 5.74. The fourth-order valence-electron chi connectivity index (χ4n) is 0.646. The second-order valence-electron chi connectivity index (χ2n) is 2.63. The third-order valence-corrected chi connectivity index (χ3v) is 1.36. The van der Waals surface area contributed by atoms with Crippen LogP contribution in [0.3, 0.4) is 0 Å². The van der Waals surface area contributed by atoms with E-state index in [0.29, 0.717) is 0 Å². The van der Waals surface area contributed by atoms with E-state index in [0.717, 1.165) is 7.11 Å². The van der Waals surface area contributed by atoms with E-state index in [1.165, 1.54) is 0 Å². The van der Waals surface area contributed by atoms with Crippen molar-refractivity contribution in [2.24, 2.45) is 0 Å². The largest absolute Gasteiger partial charge is 0.479 e. The predicted molar refractivity (Wildman–Crippen MR) is 43.8 cm³/mol. The molecule has 0 heterocycles. The third-order valence-electron chi connectivity index (χ3n) is 1.36. The molecule has 0 saturated heterocycles. The zero-order chi connectivity index (χ0) is 12.8. The number of methoxy groups -OCH3 is 1. The average Bonchev–Trinajstić information content (AvgIpc) is 2.14. The van der Waals surface area contributed by atoms with E-state index in [1.807, 2.05) is 5.32 Å². The summed E-state index contributed by atoms with van der Waals surface area (Å²) in [6.45, 7) is -2.22. The van der Waals surface area contributed by atoms with Crippen LogP contribution in [-0.2, 0) is 14.3 Å². The molecule has 0 aromatic rings. The number of carboxylic acid groups (broad SMARTS) is 1. The van der Waals surface area contributed by atoms with Crippen LogP contribution in [0.25, 0.3) is 0 Å². The number of hydrogen-bond donors (Lipinski definition) is 2. The lowest BCUT2D eigenvalue weighted by atomic mass is 10.3. The van der Waals surface area contributed by atoms with Gasteiger partial charge >= 0.3 is 18.2 Å². The Morgan fingerprint density at radius 1 is 1.44 bits per heavy atom. The molecule has 6 nitrogen and oxygen atoms in total. The Morgan fingerprint density at radius 2 is 2.00 bits per heavy atom. The number of amides is 1. The van der Waals surface area contributed by atoms with Crippen LogP contribution in [-0.4, -0.2) is 49.7 Å². The number of carbonyl (C=O) groups is 2. The van der Waals surface area contributed by atoms with Crippen molar-refractivity contribution in [3.63, 3.8) is 0 Å². The molecule has 0 aromatic heterocycles. The number of alkyl halides is 3. The SMILES string of the molecule is COC(CNC(=O)OCC(F)(F)F)C(=O)O. The number of carbonyl (C=O) groups excluding carboxylic acids is 1. The summed E-state index contributed by atoms with van der Waals surface area (Å²) in [5, 5.41) is 10.3. The second kappa shape index (κ2) is 6.16. The number of aliphatic carboxylic acids is 1. The molecule has 1 unspecified atom stereocenters. The van der Waals surface area contributed by atoms with Crippen LogP contribution in [0, 0.1) is 0 Å². The summed E-state index contributed by atoms with van der Waals surface area (Å²) in [5.41, 5.74) is 0. The Hall–Kier alpha value is -1.51. The van der Waals surface area contributed by atoms with Crippen LogP contribution in [0.15, 0.2) is 0 Å². The van der Waals surface area contributed by atoms with Crippen molar-refractivity contribution >= 4 is 12.1 Å². The van der Waals surface area contributed by atoms with Gasteiger partial charge in [0.15, 0.2) is 12.7 Å². The summed E-state index contributed by atoms with van der Waals surface area (Å²) in [5.74, 6) is -1.35. The van der Waals surface area contributed by atoms with Crippen molar-refractivity contribution in [3.8, 4) is 0 Å². The minimum Gasteiger partial charge on any atom is -0.479 e. The molecule has 0 aliphatic rings. The Morgan fingerprint density at radius 3 is 2.38 bits per heavy atom. The van der Waals surface area contributed by atoms with E-state index in [4.69, 9.17) is 5.11 Å². The molecular weight excluding hydrogens is 235 g/mol. The van der Waals surface area contributed by atoms with Gasteiger partial charge in [-0.25, -0.2) is 9.59 Å². The molecule has 94 valence electrons. The number of hydrogen-bond acceptors (Lipinski definition) is 4. The van der Waals surface area contributed by atoms with E-state index in [-0.39, 0.29) is 0 Å². The van der Waals surface area contributed by atoms with Gasteiger partial charge in [0.1, 0.15) is 0 Å². The van der Waals surface area contributed by atoms with Crippen LogP contribution < -0.4 is 5.32 Å². The standard InChI is InChI=1S/C7H10F3NO5/c1-15-4(5(12)13)2-11-6(14)16-3-7(8,9)10/h4H,2-3H2,1H3,(H,11,14)(H,12,13). The molecule has 16 heavy (non-hydrogen) atoms. The van der Waals surface area contributed by atoms with E-state index in [9.17, 15) is 22.8 Å². The molecule has 0 aliphatic heterocycles. The van der Waals surface area contributed by atoms with Crippen molar-refractivity contribution in [2.45, 2.75) is 12.3 Å². The smallest absolute Gasteiger partial charge is 0.422 e. The van der Waals surface area contributed by atoms with Crippen molar-refractivity contribution in [2.75, 3.05) is 20.3 Å². The Labute approximate surface area is 88.3 Å². The minimum atomic E-state index is -4.62. The fraction of sp³-hybridized carbons (Fsp3) is 0.714. The monoisotopic (exact) mass is 245 g/mol. The van der Waals surface area contributed by atoms with Crippen LogP contribution >= 0.6 is 0 Å². The number of nitrogens with one attached hydrogen (secondary N) is 1. The summed E-state index contributed by atoms with van der Waals surface area (Å²) >= 11 is 0. The first kappa shape index (κ1) is 14.5. The number of ether oxygens (including phenoxy) is 2. The van der Waals surface area contributed by atoms with Crippen molar-refractivity contribution in [1.82, 2.24) is 5.32 Å². The predicted octanol–water partition coefficient (Wildman–Crippen LogP) is 0.375. The van der Waals surface area contributed by atoms with Gasteiger partial charge in [-0.05, 0) is 0 Å². The molecule has 0 radical (unpaired) electrons. The zero-order valence-corrected chi connectivity index (χ0v) is 8.21. The maximum absolute atomic E-state index is 11.6. The summed E-state index contributed by atoms with van der Waals surface area (Å²) in [7, 11) is 1.08. The molecule has 0 rings (SSSR count). The number of carboxylic acids is 1. The first-order chi connectivity index (χ1) is 7.26. The fourth-order valence-corrected chi connectivity index (χ4v) is 0.646. The second-order valence-corrected chi connectivity index (χ2v) is 2.63. The molecule has 9 heteroatoms. The van der Waals surface area contributed by atoms with E-state index < -0.39 is 37.5 Å². The molecule has 0 aromatic carbocycles. The first-order valence-corrected chi connectivity index (χ1v) is 3.99. The summed E-state index contributed by atoms with van der Waals surface area (Å²) < 4.78 is 42.9. The molecule has 0 spiro atoms. The van der Waals surface area contributed by atoms with Gasteiger partial charge in [-0.2, -0.15) is 13.2 Å². The van der Waals surface area contributed by atoms with Gasteiger partial charge in [0, 0.05) is 7.11 Å². The highest BCUT2D eigenvalue weighted by Gasteiger charge is 2.29. The van der Waals surface area contributed by atoms with E-state index >= 15 is 0 Å². The Kier molecular flexibility index (Phi) is 5.57. The molecular formula is C7H10F3NO5. The van der Waals surface area contributed by atoms with Gasteiger partial charge in [-0.15, -0.1) is 0 Å². The maximum atomic E-state index is 11.6. The average molecular weight is 245 g/mol.